The molecule has 0 atom stereocenters. The second-order valence-electron chi connectivity index (χ2n) is 5.70. The van der Waals surface area contributed by atoms with Gasteiger partial charge in [0.2, 0.25) is 0 Å². The molecule has 0 unspecified atom stereocenters. The van der Waals surface area contributed by atoms with Crippen molar-refractivity contribution in [2.45, 2.75) is 20.0 Å². The Balaban J connectivity index is 1.68. The minimum atomic E-state index is 0.324. The van der Waals surface area contributed by atoms with Crippen LogP contribution in [0, 0.1) is 0 Å². The molecule has 4 rings (SSSR count). The predicted molar refractivity (Wildman–Crippen MR) is 103 cm³/mol. The Morgan fingerprint density at radius 3 is 2.81 bits per heavy atom. The zero-order valence-corrected chi connectivity index (χ0v) is 15.0. The number of para-hydroxylation sites is 1. The molecule has 0 spiro atoms. The van der Waals surface area contributed by atoms with E-state index < -0.39 is 0 Å². The molecule has 7 heteroatoms. The molecule has 0 amide bonds. The van der Waals surface area contributed by atoms with Crippen molar-refractivity contribution in [2.24, 2.45) is 0 Å². The van der Waals surface area contributed by atoms with Crippen LogP contribution < -0.4 is 10.5 Å². The third-order valence-electron chi connectivity index (χ3n) is 4.03. The van der Waals surface area contributed by atoms with E-state index in [1.54, 1.807) is 29.9 Å². The number of nitrogen functional groups attached to an aromatic ring is 1. The summed E-state index contributed by atoms with van der Waals surface area (Å²) in [5.41, 5.74) is 10.6. The zero-order valence-electron chi connectivity index (χ0n) is 14.2. The van der Waals surface area contributed by atoms with E-state index in [9.17, 15) is 0 Å². The van der Waals surface area contributed by atoms with Crippen molar-refractivity contribution in [3.05, 3.63) is 59.5 Å². The summed E-state index contributed by atoms with van der Waals surface area (Å²) in [6, 6.07) is 7.73. The smallest absolute Gasteiger partial charge is 0.172 e. The van der Waals surface area contributed by atoms with Gasteiger partial charge in [-0.3, -0.25) is 9.97 Å². The van der Waals surface area contributed by atoms with E-state index in [2.05, 4.69) is 32.2 Å². The Kier molecular flexibility index (Phi) is 4.45. The fourth-order valence-electron chi connectivity index (χ4n) is 2.70. The van der Waals surface area contributed by atoms with Crippen LogP contribution in [-0.4, -0.2) is 19.9 Å². The first-order valence-electron chi connectivity index (χ1n) is 8.27. The molecule has 130 valence electrons. The van der Waals surface area contributed by atoms with Crippen LogP contribution in [0.3, 0.4) is 0 Å². The first-order chi connectivity index (χ1) is 12.8. The number of anilines is 1. The Labute approximate surface area is 154 Å². The molecule has 3 aromatic heterocycles. The van der Waals surface area contributed by atoms with E-state index in [-0.39, 0.29) is 0 Å². The fourth-order valence-corrected chi connectivity index (χ4v) is 3.62. The highest BCUT2D eigenvalue weighted by molar-refractivity contribution is 7.13. The highest BCUT2D eigenvalue weighted by atomic mass is 32.1. The number of nitrogens with two attached hydrogens (primary N) is 1. The van der Waals surface area contributed by atoms with Crippen LogP contribution in [0.5, 0.6) is 5.75 Å². The van der Waals surface area contributed by atoms with Gasteiger partial charge in [-0.2, -0.15) is 0 Å². The van der Waals surface area contributed by atoms with E-state index in [0.29, 0.717) is 18.2 Å². The molecule has 0 bridgehead atoms. The normalized spacial score (nSPS) is 11.0. The predicted octanol–water partition coefficient (Wildman–Crippen LogP) is 3.87. The summed E-state index contributed by atoms with van der Waals surface area (Å²) >= 11 is 1.58. The summed E-state index contributed by atoms with van der Waals surface area (Å²) in [5, 5.41) is 2.93. The summed E-state index contributed by atoms with van der Waals surface area (Å²) in [4.78, 5) is 17.5. The maximum Gasteiger partial charge on any atom is 0.172 e. The van der Waals surface area contributed by atoms with Gasteiger partial charge in [0, 0.05) is 29.5 Å². The number of hydrogen-bond acceptors (Lipinski definition) is 7. The number of fused-ring (bicyclic) bond motifs is 1. The van der Waals surface area contributed by atoms with Gasteiger partial charge in [0.15, 0.2) is 11.6 Å². The van der Waals surface area contributed by atoms with Gasteiger partial charge in [-0.15, -0.1) is 11.3 Å². The molecule has 4 aromatic rings. The van der Waals surface area contributed by atoms with Gasteiger partial charge in [0.1, 0.15) is 11.6 Å². The molecule has 0 saturated carbocycles. The first-order valence-corrected chi connectivity index (χ1v) is 9.15. The lowest BCUT2D eigenvalue weighted by molar-refractivity contribution is 0.309. The number of aryl methyl sites for hydroxylation is 1. The minimum absolute atomic E-state index is 0.324. The molecule has 2 N–H and O–H groups in total. The lowest BCUT2D eigenvalue weighted by atomic mass is 10.2. The average Bonchev–Trinajstić information content (AvgIpc) is 3.16. The number of ether oxygens (including phenoxy) is 1. The van der Waals surface area contributed by atoms with Crippen LogP contribution in [0.4, 0.5) is 5.82 Å². The molecule has 0 aliphatic carbocycles. The quantitative estimate of drug-likeness (QED) is 0.579. The van der Waals surface area contributed by atoms with Crippen molar-refractivity contribution in [2.75, 3.05) is 5.73 Å². The largest absolute Gasteiger partial charge is 0.484 e. The first kappa shape index (κ1) is 16.4. The van der Waals surface area contributed by atoms with Crippen molar-refractivity contribution in [1.82, 2.24) is 19.9 Å². The third-order valence-corrected chi connectivity index (χ3v) is 4.96. The van der Waals surface area contributed by atoms with Crippen LogP contribution in [0.2, 0.25) is 0 Å². The van der Waals surface area contributed by atoms with Crippen LogP contribution in [0.15, 0.2) is 48.2 Å². The minimum Gasteiger partial charge on any atom is -0.484 e. The Hall–Kier alpha value is -3.06. The molecule has 0 radical (unpaired) electrons. The molecule has 0 saturated heterocycles. The van der Waals surface area contributed by atoms with Gasteiger partial charge in [-0.05, 0) is 18.6 Å². The average molecular weight is 363 g/mol. The highest BCUT2D eigenvalue weighted by Crippen LogP contribution is 2.36. The molecule has 1 aromatic carbocycles. The number of rotatable bonds is 5. The number of aromatic nitrogens is 4. The van der Waals surface area contributed by atoms with E-state index in [0.717, 1.165) is 39.3 Å². The lowest BCUT2D eigenvalue weighted by Crippen LogP contribution is -2.03. The maximum atomic E-state index is 6.09. The van der Waals surface area contributed by atoms with Gasteiger partial charge < -0.3 is 10.5 Å². The van der Waals surface area contributed by atoms with Gasteiger partial charge in [0.05, 0.1) is 22.3 Å². The lowest BCUT2D eigenvalue weighted by Gasteiger charge is -2.12. The topological polar surface area (TPSA) is 86.8 Å². The molecule has 0 aliphatic heterocycles. The SMILES string of the molecule is CCc1csc(-c2ccnc(N)c2OCc2cccc3nccnc23)n1. The zero-order chi connectivity index (χ0) is 17.9. The van der Waals surface area contributed by atoms with Crippen molar-refractivity contribution in [3.8, 4) is 16.3 Å². The van der Waals surface area contributed by atoms with Gasteiger partial charge in [-0.1, -0.05) is 19.1 Å². The van der Waals surface area contributed by atoms with Crippen molar-refractivity contribution < 1.29 is 4.74 Å². The summed E-state index contributed by atoms with van der Waals surface area (Å²) in [6.45, 7) is 2.41. The molecule has 26 heavy (non-hydrogen) atoms. The van der Waals surface area contributed by atoms with E-state index >= 15 is 0 Å². The fraction of sp³-hybridized carbons (Fsp3) is 0.158. The molecule has 3 heterocycles. The number of benzene rings is 1. The van der Waals surface area contributed by atoms with Gasteiger partial charge in [-0.25, -0.2) is 9.97 Å². The molecule has 6 nitrogen and oxygen atoms in total. The number of thiazole rings is 1. The van der Waals surface area contributed by atoms with Crippen LogP contribution >= 0.6 is 11.3 Å². The summed E-state index contributed by atoms with van der Waals surface area (Å²) in [5.74, 6) is 0.896. The Morgan fingerprint density at radius 1 is 1.08 bits per heavy atom. The Bertz CT molecular complexity index is 1060. The number of pyridine rings is 1. The van der Waals surface area contributed by atoms with E-state index in [1.165, 1.54) is 0 Å². The molecular formula is C19H17N5OS. The van der Waals surface area contributed by atoms with Crippen LogP contribution in [0.25, 0.3) is 21.6 Å². The van der Waals surface area contributed by atoms with Crippen LogP contribution in [0.1, 0.15) is 18.2 Å². The maximum absolute atomic E-state index is 6.09. The monoisotopic (exact) mass is 363 g/mol. The number of nitrogens with zero attached hydrogens (tertiary/aromatic N) is 4. The van der Waals surface area contributed by atoms with Crippen LogP contribution in [-0.2, 0) is 13.0 Å². The third kappa shape index (κ3) is 3.09. The Morgan fingerprint density at radius 2 is 1.96 bits per heavy atom. The second kappa shape index (κ2) is 7.05. The van der Waals surface area contributed by atoms with Gasteiger partial charge >= 0.3 is 0 Å². The number of hydrogen-bond donors (Lipinski definition) is 1. The second-order valence-corrected chi connectivity index (χ2v) is 6.56. The van der Waals surface area contributed by atoms with Crippen molar-refractivity contribution >= 4 is 28.2 Å². The standard InChI is InChI=1S/C19H17N5OS/c1-2-13-11-26-19(24-13)14-6-7-23-18(20)17(14)25-10-12-4-3-5-15-16(12)22-9-8-21-15/h3-9,11H,2,10H2,1H3,(H2,20,23). The summed E-state index contributed by atoms with van der Waals surface area (Å²) in [7, 11) is 0. The molecular weight excluding hydrogens is 346 g/mol. The summed E-state index contributed by atoms with van der Waals surface area (Å²) in [6.07, 6.45) is 5.92. The van der Waals surface area contributed by atoms with Crippen molar-refractivity contribution in [1.29, 1.82) is 0 Å². The molecule has 0 aliphatic rings. The summed E-state index contributed by atoms with van der Waals surface area (Å²) < 4.78 is 6.07. The van der Waals surface area contributed by atoms with Crippen molar-refractivity contribution in [3.63, 3.8) is 0 Å². The van der Waals surface area contributed by atoms with Gasteiger partial charge in [0.25, 0.3) is 0 Å². The van der Waals surface area contributed by atoms with E-state index in [4.69, 9.17) is 10.5 Å². The molecule has 0 fully saturated rings. The highest BCUT2D eigenvalue weighted by Gasteiger charge is 2.15. The van der Waals surface area contributed by atoms with E-state index in [1.807, 2.05) is 24.3 Å².